The van der Waals surface area contributed by atoms with Gasteiger partial charge >= 0.3 is 5.97 Å². The number of carbonyl (C=O) groups is 2. The van der Waals surface area contributed by atoms with Crippen LogP contribution in [0.4, 0.5) is 11.4 Å². The van der Waals surface area contributed by atoms with E-state index in [-0.39, 0.29) is 25.0 Å². The number of amides is 1. The van der Waals surface area contributed by atoms with Gasteiger partial charge in [0.15, 0.2) is 0 Å². The Hall–Kier alpha value is -2.08. The van der Waals surface area contributed by atoms with Crippen molar-refractivity contribution >= 4 is 23.3 Å². The molecule has 0 radical (unpaired) electrons. The highest BCUT2D eigenvalue weighted by Crippen LogP contribution is 2.21. The van der Waals surface area contributed by atoms with Gasteiger partial charge in [0.05, 0.1) is 20.2 Å². The Kier molecular flexibility index (Phi) is 5.77. The van der Waals surface area contributed by atoms with Crippen LogP contribution in [0.3, 0.4) is 0 Å². The summed E-state index contributed by atoms with van der Waals surface area (Å²) in [4.78, 5) is 27.0. The molecule has 120 valence electrons. The summed E-state index contributed by atoms with van der Waals surface area (Å²) >= 11 is 0. The third-order valence-corrected chi connectivity index (χ3v) is 3.66. The zero-order chi connectivity index (χ0) is 15.9. The Morgan fingerprint density at radius 1 is 1.18 bits per heavy atom. The average molecular weight is 305 g/mol. The van der Waals surface area contributed by atoms with Crippen LogP contribution in [-0.2, 0) is 14.3 Å². The van der Waals surface area contributed by atoms with E-state index in [0.717, 1.165) is 18.8 Å². The number of rotatable bonds is 6. The first-order valence-corrected chi connectivity index (χ1v) is 7.48. The van der Waals surface area contributed by atoms with Gasteiger partial charge in [-0.15, -0.1) is 0 Å². The largest absolute Gasteiger partial charge is 0.468 e. The number of nitrogens with one attached hydrogen (secondary N) is 1. The lowest BCUT2D eigenvalue weighted by Gasteiger charge is -2.18. The van der Waals surface area contributed by atoms with Crippen molar-refractivity contribution in [1.82, 2.24) is 4.90 Å². The number of ether oxygens (including phenoxy) is 1. The topological polar surface area (TPSA) is 61.9 Å². The second-order valence-electron chi connectivity index (χ2n) is 5.54. The molecular weight excluding hydrogens is 282 g/mol. The second-order valence-corrected chi connectivity index (χ2v) is 5.54. The third kappa shape index (κ3) is 4.73. The molecule has 1 aromatic carbocycles. The summed E-state index contributed by atoms with van der Waals surface area (Å²) in [6.07, 6.45) is 2.48. The van der Waals surface area contributed by atoms with E-state index in [1.54, 1.807) is 11.9 Å². The zero-order valence-corrected chi connectivity index (χ0v) is 13.2. The summed E-state index contributed by atoms with van der Waals surface area (Å²) in [5.41, 5.74) is 1.96. The SMILES string of the molecule is COC(=O)CN(C)CC(=O)Nc1ccc(N2CCCC2)cc1. The molecule has 0 aliphatic carbocycles. The van der Waals surface area contributed by atoms with Crippen LogP contribution in [0, 0.1) is 0 Å². The molecule has 0 saturated carbocycles. The van der Waals surface area contributed by atoms with Crippen molar-refractivity contribution < 1.29 is 14.3 Å². The first-order valence-electron chi connectivity index (χ1n) is 7.48. The molecular formula is C16H23N3O3. The minimum absolute atomic E-state index is 0.0951. The summed E-state index contributed by atoms with van der Waals surface area (Å²) in [5, 5.41) is 2.83. The highest BCUT2D eigenvalue weighted by atomic mass is 16.5. The van der Waals surface area contributed by atoms with Crippen molar-refractivity contribution in [1.29, 1.82) is 0 Å². The fraction of sp³-hybridized carbons (Fsp3) is 0.500. The Morgan fingerprint density at radius 3 is 2.41 bits per heavy atom. The lowest BCUT2D eigenvalue weighted by molar-refractivity contribution is -0.141. The molecule has 1 fully saturated rings. The summed E-state index contributed by atoms with van der Waals surface area (Å²) in [6, 6.07) is 7.87. The van der Waals surface area contributed by atoms with Crippen LogP contribution >= 0.6 is 0 Å². The van der Waals surface area contributed by atoms with E-state index in [0.29, 0.717) is 0 Å². The van der Waals surface area contributed by atoms with E-state index in [4.69, 9.17) is 0 Å². The van der Waals surface area contributed by atoms with Crippen LogP contribution in [0.2, 0.25) is 0 Å². The maximum absolute atomic E-state index is 11.9. The van der Waals surface area contributed by atoms with E-state index in [1.807, 2.05) is 24.3 Å². The molecule has 0 atom stereocenters. The fourth-order valence-corrected chi connectivity index (χ4v) is 2.52. The van der Waals surface area contributed by atoms with Crippen molar-refractivity contribution in [3.05, 3.63) is 24.3 Å². The van der Waals surface area contributed by atoms with Gasteiger partial charge in [-0.1, -0.05) is 0 Å². The number of esters is 1. The van der Waals surface area contributed by atoms with E-state index >= 15 is 0 Å². The van der Waals surface area contributed by atoms with E-state index in [9.17, 15) is 9.59 Å². The van der Waals surface area contributed by atoms with Crippen molar-refractivity contribution in [2.24, 2.45) is 0 Å². The van der Waals surface area contributed by atoms with Gasteiger partial charge in [0.25, 0.3) is 0 Å². The first-order chi connectivity index (χ1) is 10.6. The smallest absolute Gasteiger partial charge is 0.319 e. The predicted octanol–water partition coefficient (Wildman–Crippen LogP) is 1.33. The molecule has 0 bridgehead atoms. The molecule has 1 saturated heterocycles. The third-order valence-electron chi connectivity index (χ3n) is 3.66. The molecule has 1 heterocycles. The van der Waals surface area contributed by atoms with Crippen LogP contribution in [0.5, 0.6) is 0 Å². The number of carbonyl (C=O) groups excluding carboxylic acids is 2. The monoisotopic (exact) mass is 305 g/mol. The van der Waals surface area contributed by atoms with Gasteiger partial charge < -0.3 is 15.0 Å². The molecule has 0 spiro atoms. The molecule has 1 aliphatic rings. The Bertz CT molecular complexity index is 510. The second kappa shape index (κ2) is 7.79. The zero-order valence-electron chi connectivity index (χ0n) is 13.2. The Morgan fingerprint density at radius 2 is 1.82 bits per heavy atom. The highest BCUT2D eigenvalue weighted by Gasteiger charge is 2.13. The Balaban J connectivity index is 1.82. The Labute approximate surface area is 131 Å². The molecule has 0 unspecified atom stereocenters. The van der Waals surface area contributed by atoms with Gasteiger partial charge in [-0.05, 0) is 44.2 Å². The van der Waals surface area contributed by atoms with Gasteiger partial charge in [-0.3, -0.25) is 14.5 Å². The molecule has 22 heavy (non-hydrogen) atoms. The van der Waals surface area contributed by atoms with Crippen LogP contribution in [-0.4, -0.2) is 57.1 Å². The van der Waals surface area contributed by atoms with Crippen LogP contribution < -0.4 is 10.2 Å². The quantitative estimate of drug-likeness (QED) is 0.804. The fourth-order valence-electron chi connectivity index (χ4n) is 2.52. The molecule has 1 aromatic rings. The van der Waals surface area contributed by atoms with Crippen molar-refractivity contribution in [3.63, 3.8) is 0 Å². The van der Waals surface area contributed by atoms with Crippen LogP contribution in [0.15, 0.2) is 24.3 Å². The molecule has 6 heteroatoms. The maximum atomic E-state index is 11.9. The van der Waals surface area contributed by atoms with Gasteiger partial charge in [-0.2, -0.15) is 0 Å². The van der Waals surface area contributed by atoms with Gasteiger partial charge in [0.2, 0.25) is 5.91 Å². The van der Waals surface area contributed by atoms with E-state index in [2.05, 4.69) is 15.0 Å². The molecule has 1 amide bonds. The maximum Gasteiger partial charge on any atom is 0.319 e. The minimum Gasteiger partial charge on any atom is -0.468 e. The molecule has 2 rings (SSSR count). The number of hydrogen-bond donors (Lipinski definition) is 1. The van der Waals surface area contributed by atoms with E-state index in [1.165, 1.54) is 25.6 Å². The van der Waals surface area contributed by atoms with Gasteiger partial charge in [0.1, 0.15) is 0 Å². The average Bonchev–Trinajstić information content (AvgIpc) is 3.01. The summed E-state index contributed by atoms with van der Waals surface area (Å²) in [5.74, 6) is -0.509. The standard InChI is InChI=1S/C16H23N3O3/c1-18(12-16(21)22-2)11-15(20)17-13-5-7-14(8-6-13)19-9-3-4-10-19/h5-8H,3-4,9-12H2,1-2H3,(H,17,20). The molecule has 0 aromatic heterocycles. The molecule has 1 N–H and O–H groups in total. The summed E-state index contributed by atoms with van der Waals surface area (Å²) in [7, 11) is 3.03. The summed E-state index contributed by atoms with van der Waals surface area (Å²) in [6.45, 7) is 2.44. The minimum atomic E-state index is -0.356. The lowest BCUT2D eigenvalue weighted by atomic mass is 10.2. The molecule has 1 aliphatic heterocycles. The number of nitrogens with zero attached hydrogens (tertiary/aromatic N) is 2. The lowest BCUT2D eigenvalue weighted by Crippen LogP contribution is -2.34. The number of likely N-dealkylation sites (N-methyl/N-ethyl adjacent to an activating group) is 1. The number of hydrogen-bond acceptors (Lipinski definition) is 5. The number of anilines is 2. The first kappa shape index (κ1) is 16.3. The molecule has 6 nitrogen and oxygen atoms in total. The van der Waals surface area contributed by atoms with Gasteiger partial charge in [-0.25, -0.2) is 0 Å². The van der Waals surface area contributed by atoms with Crippen molar-refractivity contribution in [3.8, 4) is 0 Å². The van der Waals surface area contributed by atoms with Crippen molar-refractivity contribution in [2.45, 2.75) is 12.8 Å². The highest BCUT2D eigenvalue weighted by molar-refractivity contribution is 5.92. The van der Waals surface area contributed by atoms with Crippen LogP contribution in [0.1, 0.15) is 12.8 Å². The van der Waals surface area contributed by atoms with Gasteiger partial charge in [0, 0.05) is 24.5 Å². The normalized spacial score (nSPS) is 14.2. The summed E-state index contributed by atoms with van der Waals surface area (Å²) < 4.78 is 4.57. The van der Waals surface area contributed by atoms with Crippen molar-refractivity contribution in [2.75, 3.05) is 50.6 Å². The van der Waals surface area contributed by atoms with E-state index < -0.39 is 0 Å². The number of methoxy groups -OCH3 is 1. The van der Waals surface area contributed by atoms with Crippen LogP contribution in [0.25, 0.3) is 0 Å². The number of benzene rings is 1. The predicted molar refractivity (Wildman–Crippen MR) is 86.0 cm³/mol.